The van der Waals surface area contributed by atoms with Crippen LogP contribution in [0.15, 0.2) is 6.20 Å². The van der Waals surface area contributed by atoms with E-state index in [2.05, 4.69) is 53.7 Å². The third kappa shape index (κ3) is 12.5. The molecule has 0 amide bonds. The maximum Gasteiger partial charge on any atom is 0.0622 e. The number of likely N-dealkylation sites (tertiary alicyclic amines) is 1. The molecule has 0 saturated carbocycles. The van der Waals surface area contributed by atoms with E-state index in [9.17, 15) is 0 Å². The monoisotopic (exact) mass is 370 g/mol. The molecule has 1 aromatic rings. The van der Waals surface area contributed by atoms with Crippen molar-refractivity contribution >= 4 is 0 Å². The largest absolute Gasteiger partial charge is 0.308 e. The fraction of sp³-hybridized carbons (Fsp3) is 0.864. The van der Waals surface area contributed by atoms with Gasteiger partial charge in [0.05, 0.1) is 11.7 Å². The van der Waals surface area contributed by atoms with Gasteiger partial charge in [-0.15, -0.1) is 0 Å². The van der Waals surface area contributed by atoms with E-state index in [1.807, 2.05) is 55.4 Å². The molecule has 4 heteroatoms. The molecule has 1 fully saturated rings. The molecule has 2 heterocycles. The summed E-state index contributed by atoms with van der Waals surface area (Å²) in [4.78, 5) is 4.83. The third-order valence-electron chi connectivity index (χ3n) is 3.96. The van der Waals surface area contributed by atoms with Crippen molar-refractivity contribution in [2.45, 2.75) is 88.1 Å². The predicted molar refractivity (Wildman–Crippen MR) is 120 cm³/mol. The van der Waals surface area contributed by atoms with Crippen molar-refractivity contribution in [1.29, 1.82) is 0 Å². The highest BCUT2D eigenvalue weighted by Crippen LogP contribution is 2.22. The minimum Gasteiger partial charge on any atom is -0.308 e. The van der Waals surface area contributed by atoms with Crippen LogP contribution in [-0.4, -0.2) is 59.9 Å². The molecule has 1 aliphatic heterocycles. The minimum atomic E-state index is 0.605. The predicted octanol–water partition coefficient (Wildman–Crippen LogP) is 5.80. The third-order valence-corrected chi connectivity index (χ3v) is 3.96. The van der Waals surface area contributed by atoms with Gasteiger partial charge in [-0.25, -0.2) is 0 Å². The second kappa shape index (κ2) is 20.4. The summed E-state index contributed by atoms with van der Waals surface area (Å²) in [5.41, 5.74) is 2.48. The van der Waals surface area contributed by atoms with Gasteiger partial charge in [-0.3, -0.25) is 4.68 Å². The van der Waals surface area contributed by atoms with Crippen LogP contribution in [0.2, 0.25) is 0 Å². The van der Waals surface area contributed by atoms with E-state index in [-0.39, 0.29) is 0 Å². The quantitative estimate of drug-likeness (QED) is 0.669. The molecule has 0 spiro atoms. The Morgan fingerprint density at radius 3 is 1.73 bits per heavy atom. The molecule has 158 valence electrons. The van der Waals surface area contributed by atoms with Gasteiger partial charge in [0.25, 0.3) is 0 Å². The highest BCUT2D eigenvalue weighted by Gasteiger charge is 2.21. The zero-order valence-electron chi connectivity index (χ0n) is 20.2. The second-order valence-electron chi connectivity index (χ2n) is 5.75. The summed E-state index contributed by atoms with van der Waals surface area (Å²) in [7, 11) is 4.28. The fourth-order valence-electron chi connectivity index (χ4n) is 2.51. The van der Waals surface area contributed by atoms with E-state index in [4.69, 9.17) is 0 Å². The fourth-order valence-corrected chi connectivity index (χ4v) is 2.51. The number of rotatable bonds is 4. The van der Waals surface area contributed by atoms with Crippen LogP contribution in [0.4, 0.5) is 0 Å². The van der Waals surface area contributed by atoms with Gasteiger partial charge in [0.1, 0.15) is 0 Å². The van der Waals surface area contributed by atoms with E-state index in [0.717, 1.165) is 6.54 Å². The second-order valence-corrected chi connectivity index (χ2v) is 5.75. The molecule has 0 N–H and O–H groups in total. The average molecular weight is 371 g/mol. The van der Waals surface area contributed by atoms with E-state index in [1.54, 1.807) is 0 Å². The molecule has 0 aliphatic carbocycles. The molecule has 0 bridgehead atoms. The van der Waals surface area contributed by atoms with Crippen LogP contribution in [0.25, 0.3) is 0 Å². The van der Waals surface area contributed by atoms with Crippen LogP contribution >= 0.6 is 0 Å². The maximum atomic E-state index is 4.62. The molecular formula is C22H50N4. The van der Waals surface area contributed by atoms with Crippen molar-refractivity contribution in [1.82, 2.24) is 19.6 Å². The molecule has 1 saturated heterocycles. The standard InChI is InChI=1S/C14H26N4.4C2H6/c1-12-11-18(15-13(12)2)14-5-7-17(8-6-14)10-9-16(3)4;4*1-2/h11,14H,5-10H2,1-4H3;4*1-2H3. The highest BCUT2D eigenvalue weighted by molar-refractivity contribution is 5.12. The highest BCUT2D eigenvalue weighted by atomic mass is 15.3. The van der Waals surface area contributed by atoms with Crippen molar-refractivity contribution in [3.63, 3.8) is 0 Å². The smallest absolute Gasteiger partial charge is 0.0622 e. The Bertz CT molecular complexity index is 358. The topological polar surface area (TPSA) is 24.3 Å². The van der Waals surface area contributed by atoms with Crippen molar-refractivity contribution in [2.24, 2.45) is 0 Å². The number of aromatic nitrogens is 2. The van der Waals surface area contributed by atoms with Crippen LogP contribution in [0, 0.1) is 13.8 Å². The van der Waals surface area contributed by atoms with Gasteiger partial charge in [-0.05, 0) is 46.3 Å². The van der Waals surface area contributed by atoms with Crippen molar-refractivity contribution in [3.05, 3.63) is 17.5 Å². The normalized spacial score (nSPS) is 13.9. The summed E-state index contributed by atoms with van der Waals surface area (Å²) in [5.74, 6) is 0. The Balaban J connectivity index is -0.000000585. The van der Waals surface area contributed by atoms with Crippen molar-refractivity contribution < 1.29 is 0 Å². The molecular weight excluding hydrogens is 320 g/mol. The Morgan fingerprint density at radius 1 is 0.923 bits per heavy atom. The number of likely N-dealkylation sites (N-methyl/N-ethyl adjacent to an activating group) is 1. The van der Waals surface area contributed by atoms with Gasteiger partial charge in [0.2, 0.25) is 0 Å². The van der Waals surface area contributed by atoms with Crippen molar-refractivity contribution in [2.75, 3.05) is 40.3 Å². The first-order valence-corrected chi connectivity index (χ1v) is 11.0. The molecule has 0 radical (unpaired) electrons. The molecule has 0 aromatic carbocycles. The lowest BCUT2D eigenvalue weighted by atomic mass is 10.1. The first kappa shape index (κ1) is 29.9. The van der Waals surface area contributed by atoms with Gasteiger partial charge in [-0.2, -0.15) is 5.10 Å². The van der Waals surface area contributed by atoms with Crippen LogP contribution < -0.4 is 0 Å². The van der Waals surface area contributed by atoms with Crippen LogP contribution in [-0.2, 0) is 0 Å². The number of hydrogen-bond donors (Lipinski definition) is 0. The Kier molecular flexibility index (Phi) is 23.5. The van der Waals surface area contributed by atoms with E-state index >= 15 is 0 Å². The van der Waals surface area contributed by atoms with Crippen LogP contribution in [0.1, 0.15) is 85.5 Å². The van der Waals surface area contributed by atoms with Gasteiger partial charge in [0, 0.05) is 32.4 Å². The van der Waals surface area contributed by atoms with E-state index in [0.29, 0.717) is 6.04 Å². The number of aryl methyl sites for hydroxylation is 2. The van der Waals surface area contributed by atoms with E-state index in [1.165, 1.54) is 43.7 Å². The summed E-state index contributed by atoms with van der Waals surface area (Å²) in [6, 6.07) is 0.605. The summed E-state index contributed by atoms with van der Waals surface area (Å²) < 4.78 is 2.19. The first-order chi connectivity index (χ1) is 12.6. The Labute approximate surface area is 166 Å². The molecule has 4 nitrogen and oxygen atoms in total. The zero-order valence-corrected chi connectivity index (χ0v) is 20.2. The summed E-state index contributed by atoms with van der Waals surface area (Å²) in [5, 5.41) is 4.62. The van der Waals surface area contributed by atoms with Crippen LogP contribution in [0.5, 0.6) is 0 Å². The molecule has 0 atom stereocenters. The maximum absolute atomic E-state index is 4.62. The zero-order chi connectivity index (χ0) is 21.1. The number of nitrogens with zero attached hydrogens (tertiary/aromatic N) is 4. The molecule has 1 aromatic heterocycles. The SMILES string of the molecule is CC.CC.CC.CC.Cc1cn(C2CCN(CCN(C)C)CC2)nc1C. The molecule has 26 heavy (non-hydrogen) atoms. The minimum absolute atomic E-state index is 0.605. The molecule has 2 rings (SSSR count). The average Bonchev–Trinajstić information content (AvgIpc) is 3.05. The molecule has 1 aliphatic rings. The van der Waals surface area contributed by atoms with E-state index < -0.39 is 0 Å². The van der Waals surface area contributed by atoms with Gasteiger partial charge >= 0.3 is 0 Å². The summed E-state index contributed by atoms with van der Waals surface area (Å²) >= 11 is 0. The van der Waals surface area contributed by atoms with Gasteiger partial charge < -0.3 is 9.80 Å². The lowest BCUT2D eigenvalue weighted by Gasteiger charge is -2.32. The molecule has 0 unspecified atom stereocenters. The summed E-state index contributed by atoms with van der Waals surface area (Å²) in [6.07, 6.45) is 4.66. The first-order valence-electron chi connectivity index (χ1n) is 11.0. The van der Waals surface area contributed by atoms with Gasteiger partial charge in [0.15, 0.2) is 0 Å². The van der Waals surface area contributed by atoms with Crippen LogP contribution in [0.3, 0.4) is 0 Å². The lowest BCUT2D eigenvalue weighted by molar-refractivity contribution is 0.167. The lowest BCUT2D eigenvalue weighted by Crippen LogP contribution is -2.38. The van der Waals surface area contributed by atoms with Gasteiger partial charge in [-0.1, -0.05) is 55.4 Å². The number of piperidine rings is 1. The summed E-state index contributed by atoms with van der Waals surface area (Å²) in [6.45, 7) is 25.0. The van der Waals surface area contributed by atoms with Crippen molar-refractivity contribution in [3.8, 4) is 0 Å². The Hall–Kier alpha value is -0.870. The Morgan fingerprint density at radius 2 is 1.38 bits per heavy atom. The number of hydrogen-bond acceptors (Lipinski definition) is 3.